The minimum absolute atomic E-state index is 0.259. The molecule has 5 rings (SSSR count). The SMILES string of the molecule is Cc1nn2cc(-c3cc4c(OCc5ccc(F)cc5)cccc4o3)nc2s1. The minimum Gasteiger partial charge on any atom is -0.488 e. The molecule has 7 heteroatoms. The molecule has 2 aromatic carbocycles. The first-order chi connectivity index (χ1) is 13.2. The molecule has 0 fully saturated rings. The lowest BCUT2D eigenvalue weighted by Gasteiger charge is -2.07. The minimum atomic E-state index is -0.259. The van der Waals surface area contributed by atoms with E-state index >= 15 is 0 Å². The van der Waals surface area contributed by atoms with Gasteiger partial charge in [-0.1, -0.05) is 29.5 Å². The fourth-order valence-corrected chi connectivity index (χ4v) is 3.67. The summed E-state index contributed by atoms with van der Waals surface area (Å²) in [5.74, 6) is 1.12. The molecular formula is C20H14FN3O2S. The summed E-state index contributed by atoms with van der Waals surface area (Å²) in [5, 5.41) is 6.21. The average molecular weight is 379 g/mol. The van der Waals surface area contributed by atoms with Crippen molar-refractivity contribution in [2.45, 2.75) is 13.5 Å². The summed E-state index contributed by atoms with van der Waals surface area (Å²) in [6, 6.07) is 13.9. The third kappa shape index (κ3) is 2.96. The average Bonchev–Trinajstić information content (AvgIpc) is 3.33. The third-order valence-corrected chi connectivity index (χ3v) is 5.06. The lowest BCUT2D eigenvalue weighted by molar-refractivity contribution is 0.310. The van der Waals surface area contributed by atoms with Crippen molar-refractivity contribution >= 4 is 27.3 Å². The topological polar surface area (TPSA) is 52.6 Å². The Morgan fingerprint density at radius 3 is 2.85 bits per heavy atom. The summed E-state index contributed by atoms with van der Waals surface area (Å²) >= 11 is 1.53. The Kier molecular flexibility index (Phi) is 3.68. The van der Waals surface area contributed by atoms with Crippen LogP contribution in [0.5, 0.6) is 5.75 Å². The van der Waals surface area contributed by atoms with Crippen molar-refractivity contribution in [2.75, 3.05) is 0 Å². The van der Waals surface area contributed by atoms with E-state index in [9.17, 15) is 4.39 Å². The van der Waals surface area contributed by atoms with Crippen LogP contribution in [-0.2, 0) is 6.61 Å². The van der Waals surface area contributed by atoms with Gasteiger partial charge in [0, 0.05) is 0 Å². The molecule has 0 aliphatic rings. The van der Waals surface area contributed by atoms with Gasteiger partial charge in [-0.2, -0.15) is 5.10 Å². The second-order valence-corrected chi connectivity index (χ2v) is 7.33. The number of aryl methyl sites for hydroxylation is 1. The lowest BCUT2D eigenvalue weighted by Crippen LogP contribution is -1.95. The number of imidazole rings is 1. The molecule has 134 valence electrons. The van der Waals surface area contributed by atoms with Gasteiger partial charge in [0.1, 0.15) is 34.5 Å². The smallest absolute Gasteiger partial charge is 0.212 e. The molecule has 0 atom stereocenters. The molecule has 3 heterocycles. The molecule has 0 aliphatic carbocycles. The van der Waals surface area contributed by atoms with E-state index in [1.807, 2.05) is 37.4 Å². The highest BCUT2D eigenvalue weighted by Crippen LogP contribution is 2.34. The van der Waals surface area contributed by atoms with Crippen LogP contribution >= 0.6 is 11.3 Å². The molecule has 0 radical (unpaired) electrons. The second kappa shape index (κ2) is 6.21. The fraction of sp³-hybridized carbons (Fsp3) is 0.100. The Labute approximate surface area is 157 Å². The summed E-state index contributed by atoms with van der Waals surface area (Å²) in [7, 11) is 0. The zero-order chi connectivity index (χ0) is 18.4. The van der Waals surface area contributed by atoms with Gasteiger partial charge in [0.15, 0.2) is 5.76 Å². The Bertz CT molecular complexity index is 1220. The number of aromatic nitrogens is 3. The van der Waals surface area contributed by atoms with Crippen LogP contribution in [0.1, 0.15) is 10.6 Å². The molecule has 27 heavy (non-hydrogen) atoms. The highest BCUT2D eigenvalue weighted by atomic mass is 32.1. The number of hydrogen-bond acceptors (Lipinski definition) is 5. The van der Waals surface area contributed by atoms with Crippen LogP contribution in [0.15, 0.2) is 59.1 Å². The van der Waals surface area contributed by atoms with Gasteiger partial charge in [-0.05, 0) is 42.8 Å². The fourth-order valence-electron chi connectivity index (χ4n) is 2.95. The second-order valence-electron chi connectivity index (χ2n) is 6.17. The number of nitrogens with zero attached hydrogens (tertiary/aromatic N) is 3. The monoisotopic (exact) mass is 379 g/mol. The first-order valence-electron chi connectivity index (χ1n) is 8.39. The molecule has 0 aliphatic heterocycles. The van der Waals surface area contributed by atoms with Gasteiger partial charge < -0.3 is 9.15 Å². The first kappa shape index (κ1) is 16.0. The number of benzene rings is 2. The van der Waals surface area contributed by atoms with E-state index in [-0.39, 0.29) is 5.82 Å². The normalized spacial score (nSPS) is 11.5. The quantitative estimate of drug-likeness (QED) is 0.429. The van der Waals surface area contributed by atoms with E-state index in [4.69, 9.17) is 9.15 Å². The van der Waals surface area contributed by atoms with E-state index in [1.165, 1.54) is 23.5 Å². The summed E-state index contributed by atoms with van der Waals surface area (Å²) < 4.78 is 26.7. The molecule has 0 spiro atoms. The van der Waals surface area contributed by atoms with E-state index < -0.39 is 0 Å². The number of ether oxygens (including phenoxy) is 1. The summed E-state index contributed by atoms with van der Waals surface area (Å²) in [6.07, 6.45) is 1.86. The van der Waals surface area contributed by atoms with Gasteiger partial charge in [-0.25, -0.2) is 13.9 Å². The lowest BCUT2D eigenvalue weighted by atomic mass is 10.2. The van der Waals surface area contributed by atoms with Crippen molar-refractivity contribution in [3.63, 3.8) is 0 Å². The summed E-state index contributed by atoms with van der Waals surface area (Å²) in [5.41, 5.74) is 2.35. The zero-order valence-electron chi connectivity index (χ0n) is 14.3. The number of hydrogen-bond donors (Lipinski definition) is 0. The van der Waals surface area contributed by atoms with E-state index in [1.54, 1.807) is 16.6 Å². The van der Waals surface area contributed by atoms with Crippen molar-refractivity contribution in [1.29, 1.82) is 0 Å². The van der Waals surface area contributed by atoms with Gasteiger partial charge in [-0.3, -0.25) is 0 Å². The molecule has 5 aromatic rings. The van der Waals surface area contributed by atoms with Crippen LogP contribution in [0, 0.1) is 12.7 Å². The number of rotatable bonds is 4. The highest BCUT2D eigenvalue weighted by molar-refractivity contribution is 7.16. The Hall–Kier alpha value is -3.19. The van der Waals surface area contributed by atoms with Gasteiger partial charge in [0.05, 0.1) is 11.6 Å². The maximum atomic E-state index is 13.0. The first-order valence-corrected chi connectivity index (χ1v) is 9.20. The largest absolute Gasteiger partial charge is 0.488 e. The Morgan fingerprint density at radius 2 is 2.04 bits per heavy atom. The molecule has 0 amide bonds. The maximum absolute atomic E-state index is 13.0. The molecule has 0 saturated carbocycles. The van der Waals surface area contributed by atoms with Gasteiger partial charge >= 0.3 is 0 Å². The molecule has 0 unspecified atom stereocenters. The number of furan rings is 1. The number of halogens is 1. The molecule has 0 saturated heterocycles. The zero-order valence-corrected chi connectivity index (χ0v) is 15.2. The maximum Gasteiger partial charge on any atom is 0.212 e. The van der Waals surface area contributed by atoms with Crippen LogP contribution in [-0.4, -0.2) is 14.6 Å². The van der Waals surface area contributed by atoms with Gasteiger partial charge in [-0.15, -0.1) is 0 Å². The number of fused-ring (bicyclic) bond motifs is 2. The third-order valence-electron chi connectivity index (χ3n) is 4.23. The Balaban J connectivity index is 1.47. The van der Waals surface area contributed by atoms with E-state index in [2.05, 4.69) is 10.1 Å². The van der Waals surface area contributed by atoms with Crippen LogP contribution in [0.25, 0.3) is 27.4 Å². The van der Waals surface area contributed by atoms with Crippen molar-refractivity contribution in [1.82, 2.24) is 14.6 Å². The summed E-state index contributed by atoms with van der Waals surface area (Å²) in [6.45, 7) is 2.30. The predicted octanol–water partition coefficient (Wildman–Crippen LogP) is 5.23. The van der Waals surface area contributed by atoms with Crippen LogP contribution in [0.4, 0.5) is 4.39 Å². The van der Waals surface area contributed by atoms with Crippen molar-refractivity contribution in [2.24, 2.45) is 0 Å². The van der Waals surface area contributed by atoms with E-state index in [0.29, 0.717) is 18.1 Å². The van der Waals surface area contributed by atoms with Crippen molar-refractivity contribution in [3.8, 4) is 17.2 Å². The molecule has 0 bridgehead atoms. The standard InChI is InChI=1S/C20H14FN3O2S/c1-12-23-24-10-16(22-20(24)27-12)19-9-15-17(3-2-4-18(15)26-19)25-11-13-5-7-14(21)8-6-13/h2-10H,11H2,1H3. The highest BCUT2D eigenvalue weighted by Gasteiger charge is 2.14. The van der Waals surface area contributed by atoms with Gasteiger partial charge in [0.2, 0.25) is 4.96 Å². The van der Waals surface area contributed by atoms with Crippen molar-refractivity contribution in [3.05, 3.63) is 71.1 Å². The van der Waals surface area contributed by atoms with Crippen molar-refractivity contribution < 1.29 is 13.5 Å². The van der Waals surface area contributed by atoms with Crippen LogP contribution < -0.4 is 4.74 Å². The van der Waals surface area contributed by atoms with Gasteiger partial charge in [0.25, 0.3) is 0 Å². The summed E-state index contributed by atoms with van der Waals surface area (Å²) in [4.78, 5) is 5.41. The molecule has 3 aromatic heterocycles. The van der Waals surface area contributed by atoms with E-state index in [0.717, 1.165) is 32.2 Å². The molecule has 5 nitrogen and oxygen atoms in total. The molecular weight excluding hydrogens is 365 g/mol. The predicted molar refractivity (Wildman–Crippen MR) is 102 cm³/mol. The van der Waals surface area contributed by atoms with Crippen LogP contribution in [0.2, 0.25) is 0 Å². The molecule has 0 N–H and O–H groups in total. The Morgan fingerprint density at radius 1 is 1.19 bits per heavy atom. The van der Waals surface area contributed by atoms with Crippen LogP contribution in [0.3, 0.4) is 0 Å².